The summed E-state index contributed by atoms with van der Waals surface area (Å²) in [6.07, 6.45) is 20.3. The van der Waals surface area contributed by atoms with E-state index < -0.39 is 79.8 Å². The molecule has 0 spiro atoms. The molecule has 6 fully saturated rings. The van der Waals surface area contributed by atoms with Crippen LogP contribution in [0.25, 0.3) is 33.7 Å². The van der Waals surface area contributed by atoms with E-state index in [0.29, 0.717) is 95.0 Å². The summed E-state index contributed by atoms with van der Waals surface area (Å²) >= 11 is 0. The highest BCUT2D eigenvalue weighted by molar-refractivity contribution is 7.91. The number of alkyl halides is 8. The maximum Gasteiger partial charge on any atom is 0.395 e. The van der Waals surface area contributed by atoms with Crippen LogP contribution in [0.1, 0.15) is 179 Å². The molecule has 10 aliphatic heterocycles. The largest absolute Gasteiger partial charge is 0.485 e. The molecule has 130 heavy (non-hydrogen) atoms. The summed E-state index contributed by atoms with van der Waals surface area (Å²) in [5.41, 5.74) is 5.03. The Kier molecular flexibility index (Phi) is 27.2. The van der Waals surface area contributed by atoms with E-state index in [4.69, 9.17) is 18.9 Å². The van der Waals surface area contributed by atoms with Crippen molar-refractivity contribution in [3.05, 3.63) is 143 Å². The molecule has 0 amide bonds. The minimum absolute atomic E-state index is 0.117. The third kappa shape index (κ3) is 22.6. The molecule has 712 valence electrons. The molecule has 4 unspecified atom stereocenters. The maximum absolute atomic E-state index is 14.0. The number of benzene rings is 2. The SMILES string of the molecule is CC(C)(F)CN1CCC(C2(C)Cc3cc(-c4ccc(S(C)(=O)=O)cc4)ncc3O2)CC1.CC(C)(F)CN1CCC(C2(C)Cc3cc(C4=CCN(S(C)(=O)=O)CC4)ncc3O2)CC1.CC1(C2CCN(CC3(C(F)(F)F)CC3)CC2)Cc2cc(-c3ccc(S(C)(=O)=O)cc3)ncc2O1.CC1(C2CCN(CC3(C(F)(F)F)CC3)CC2)Cc2cc(C3=CCN(S(C)(=O)=O)CC3)ncc2O1. The molecular formula is C96H126F8N10O12S4. The van der Waals surface area contributed by atoms with E-state index in [1.807, 2.05) is 34.2 Å². The fourth-order valence-electron chi connectivity index (χ4n) is 21.3. The smallest absolute Gasteiger partial charge is 0.395 e. The first-order chi connectivity index (χ1) is 60.6. The molecule has 34 heteroatoms. The minimum atomic E-state index is -4.11. The summed E-state index contributed by atoms with van der Waals surface area (Å²) in [5, 5.41) is 0. The summed E-state index contributed by atoms with van der Waals surface area (Å²) in [5.74, 6) is 4.58. The normalized spacial score (nSPS) is 25.7. The Morgan fingerprint density at radius 2 is 0.623 bits per heavy atom. The topological polar surface area (TPSA) is 244 Å². The van der Waals surface area contributed by atoms with Crippen LogP contribution in [0, 0.1) is 34.5 Å². The van der Waals surface area contributed by atoms with Crippen molar-refractivity contribution in [1.29, 1.82) is 0 Å². The number of piperidine rings is 4. The summed E-state index contributed by atoms with van der Waals surface area (Å²) in [4.78, 5) is 27.2. The number of fused-ring (bicyclic) bond motifs is 4. The first-order valence-corrected chi connectivity index (χ1v) is 53.1. The Hall–Kier alpha value is -7.28. The molecule has 4 aromatic heterocycles. The van der Waals surface area contributed by atoms with Gasteiger partial charge < -0.3 is 38.5 Å². The lowest BCUT2D eigenvalue weighted by Gasteiger charge is -2.41. The Balaban J connectivity index is 0.000000133. The second-order valence-corrected chi connectivity index (χ2v) is 49.1. The number of likely N-dealkylation sites (tertiary alicyclic amines) is 4. The van der Waals surface area contributed by atoms with Crippen LogP contribution in [-0.4, -0.2) is 258 Å². The van der Waals surface area contributed by atoms with E-state index >= 15 is 0 Å². The van der Waals surface area contributed by atoms with E-state index in [1.165, 1.54) is 39.2 Å². The van der Waals surface area contributed by atoms with E-state index in [1.54, 1.807) is 94.8 Å². The van der Waals surface area contributed by atoms with Crippen molar-refractivity contribution in [3.8, 4) is 45.5 Å². The number of hydrogen-bond donors (Lipinski definition) is 0. The Morgan fingerprint density at radius 1 is 0.369 bits per heavy atom. The number of ether oxygens (including phenoxy) is 4. The van der Waals surface area contributed by atoms with Crippen molar-refractivity contribution < 1.29 is 87.7 Å². The predicted molar refractivity (Wildman–Crippen MR) is 485 cm³/mol. The van der Waals surface area contributed by atoms with Gasteiger partial charge in [0.15, 0.2) is 19.7 Å². The molecule has 2 saturated carbocycles. The van der Waals surface area contributed by atoms with Crippen LogP contribution in [0.2, 0.25) is 0 Å². The molecule has 22 nitrogen and oxygen atoms in total. The van der Waals surface area contributed by atoms with Gasteiger partial charge in [0.25, 0.3) is 0 Å². The number of halogens is 8. The number of hydrogen-bond acceptors (Lipinski definition) is 20. The predicted octanol–water partition coefficient (Wildman–Crippen LogP) is 16.4. The molecule has 2 aromatic carbocycles. The lowest BCUT2D eigenvalue weighted by molar-refractivity contribution is -0.193. The summed E-state index contributed by atoms with van der Waals surface area (Å²) in [7, 11) is -12.8. The van der Waals surface area contributed by atoms with Crippen molar-refractivity contribution in [1.82, 2.24) is 48.1 Å². The first kappa shape index (κ1) is 97.3. The van der Waals surface area contributed by atoms with Crippen molar-refractivity contribution >= 4 is 50.9 Å². The van der Waals surface area contributed by atoms with Crippen LogP contribution in [0.4, 0.5) is 35.1 Å². The van der Waals surface area contributed by atoms with Gasteiger partial charge >= 0.3 is 12.4 Å². The van der Waals surface area contributed by atoms with E-state index in [9.17, 15) is 68.8 Å². The molecule has 6 aromatic rings. The standard InChI is InChI=1S/C25H29F3N2O3S.C24H32F3N3O3S.C24H31FN2O3S.C23H34FN3O3S/c1-23(19-7-11-30(12-8-19)16-24(9-10-24)25(26,27)28)14-18-13-21(29-15-22(18)33-23)17-3-5-20(6-4-17)34(2,31)32;1-22(19-5-9-29(10-6-19)16-23(7-8-23)24(25,26)27)14-18-13-20(28-15-21(18)33-22)17-3-11-30(12-4-17)34(2,31)32;1-23(2,25)16-27-11-9-19(10-12-27)24(3)14-18-13-21(26-15-22(18)30-24)17-5-7-20(8-6-17)31(4,28)29;1-22(2,24)16-26-9-7-19(8-10-26)23(3)14-18-13-20(25-15-21(18)30-23)17-5-11-27(12-6-17)31(4,28)29/h3-6,13,15,19H,7-12,14,16H2,1-2H3;3,13,15,19H,4-12,14,16H2,1-2H3;5-8,13,15,19H,9-12,14,16H2,1-4H3;5,13,15,19H,6-12,14,16H2,1-4H3. The van der Waals surface area contributed by atoms with Crippen LogP contribution >= 0.6 is 0 Å². The van der Waals surface area contributed by atoms with E-state index in [2.05, 4.69) is 75.6 Å². The van der Waals surface area contributed by atoms with Crippen molar-refractivity contribution in [2.24, 2.45) is 34.5 Å². The summed E-state index contributed by atoms with van der Waals surface area (Å²) < 4.78 is 230. The molecule has 0 N–H and O–H groups in total. The Labute approximate surface area is 762 Å². The van der Waals surface area contributed by atoms with Gasteiger partial charge in [-0.3, -0.25) is 19.9 Å². The fourth-order valence-corrected chi connectivity index (χ4v) is 24.1. The van der Waals surface area contributed by atoms with Crippen LogP contribution in [0.3, 0.4) is 0 Å². The monoisotopic (exact) mass is 1890 g/mol. The zero-order chi connectivity index (χ0) is 93.6. The number of rotatable bonds is 20. The van der Waals surface area contributed by atoms with Crippen molar-refractivity contribution in [2.75, 3.05) is 130 Å². The van der Waals surface area contributed by atoms with E-state index in [-0.39, 0.29) is 72.3 Å². The maximum atomic E-state index is 14.0. The second kappa shape index (κ2) is 36.4. The van der Waals surface area contributed by atoms with Crippen LogP contribution in [0.5, 0.6) is 23.0 Å². The fraction of sp³-hybridized carbons (Fsp3) is 0.625. The quantitative estimate of drug-likeness (QED) is 0.0645. The van der Waals surface area contributed by atoms with Crippen LogP contribution < -0.4 is 18.9 Å². The molecule has 4 saturated heterocycles. The van der Waals surface area contributed by atoms with Crippen molar-refractivity contribution in [2.45, 2.75) is 227 Å². The average molecular weight is 1890 g/mol. The van der Waals surface area contributed by atoms with Gasteiger partial charge in [-0.25, -0.2) is 42.5 Å². The highest BCUT2D eigenvalue weighted by atomic mass is 32.2. The third-order valence-corrected chi connectivity index (χ3v) is 34.2. The van der Waals surface area contributed by atoms with Gasteiger partial charge in [-0.1, -0.05) is 36.4 Å². The molecule has 2 aliphatic carbocycles. The summed E-state index contributed by atoms with van der Waals surface area (Å²) in [6.45, 7) is 24.3. The number of aromatic nitrogens is 4. The van der Waals surface area contributed by atoms with Crippen LogP contribution in [-0.2, 0) is 65.4 Å². The number of nitrogens with zero attached hydrogens (tertiary/aromatic N) is 10. The molecule has 18 rings (SSSR count). The number of sulfonamides is 2. The van der Waals surface area contributed by atoms with Gasteiger partial charge in [0.05, 0.1) is 80.7 Å². The lowest BCUT2D eigenvalue weighted by Crippen LogP contribution is -2.48. The first-order valence-electron chi connectivity index (χ1n) is 45.7. The molecule has 0 radical (unpaired) electrons. The van der Waals surface area contributed by atoms with Gasteiger partial charge in [0.1, 0.15) is 56.7 Å². The number of sulfone groups is 2. The molecule has 14 heterocycles. The van der Waals surface area contributed by atoms with Gasteiger partial charge in [-0.05, 0) is 257 Å². The average Bonchev–Trinajstić information content (AvgIpc) is 1.57. The third-order valence-electron chi connectivity index (χ3n) is 29.4. The second-order valence-electron chi connectivity index (χ2n) is 41.1. The molecule has 0 bridgehead atoms. The zero-order valence-electron chi connectivity index (χ0n) is 76.8. The molecule has 4 atom stereocenters. The van der Waals surface area contributed by atoms with Gasteiger partial charge in [0.2, 0.25) is 20.0 Å². The highest BCUT2D eigenvalue weighted by Gasteiger charge is 2.65. The van der Waals surface area contributed by atoms with Gasteiger partial charge in [-0.15, -0.1) is 0 Å². The van der Waals surface area contributed by atoms with Gasteiger partial charge in [0, 0.05) is 148 Å². The lowest BCUT2D eigenvalue weighted by atomic mass is 9.79. The Bertz CT molecular complexity index is 5680. The zero-order valence-corrected chi connectivity index (χ0v) is 80.0. The minimum Gasteiger partial charge on any atom is -0.485 e. The Morgan fingerprint density at radius 3 is 0.846 bits per heavy atom. The molecular weight excluding hydrogens is 1770 g/mol. The molecule has 12 aliphatic rings. The highest BCUT2D eigenvalue weighted by Crippen LogP contribution is 2.60. The van der Waals surface area contributed by atoms with Crippen molar-refractivity contribution in [3.63, 3.8) is 0 Å². The van der Waals surface area contributed by atoms with E-state index in [0.717, 1.165) is 188 Å². The van der Waals surface area contributed by atoms with Gasteiger partial charge in [-0.2, -0.15) is 35.0 Å². The van der Waals surface area contributed by atoms with Crippen LogP contribution in [0.15, 0.2) is 120 Å². The number of pyridine rings is 4. The summed E-state index contributed by atoms with van der Waals surface area (Å²) in [6, 6.07) is 21.7.